The van der Waals surface area contributed by atoms with Crippen LogP contribution in [-0.2, 0) is 25.8 Å². The van der Waals surface area contributed by atoms with Gasteiger partial charge >= 0.3 is 0 Å². The number of para-hydroxylation sites is 2. The van der Waals surface area contributed by atoms with E-state index in [2.05, 4.69) is 20.9 Å². The first-order chi connectivity index (χ1) is 18.4. The lowest BCUT2D eigenvalue weighted by atomic mass is 9.66. The van der Waals surface area contributed by atoms with E-state index < -0.39 is 29.1 Å². The van der Waals surface area contributed by atoms with E-state index in [1.807, 2.05) is 49.4 Å². The van der Waals surface area contributed by atoms with Crippen LogP contribution in [0.15, 0.2) is 54.6 Å². The number of rotatable bonds is 8. The van der Waals surface area contributed by atoms with Crippen molar-refractivity contribution in [3.8, 4) is 0 Å². The molecule has 0 radical (unpaired) electrons. The zero-order chi connectivity index (χ0) is 26.5. The van der Waals surface area contributed by atoms with Crippen molar-refractivity contribution in [3.05, 3.63) is 54.6 Å². The highest BCUT2D eigenvalue weighted by molar-refractivity contribution is 6.02. The van der Waals surface area contributed by atoms with Crippen molar-refractivity contribution in [3.63, 3.8) is 0 Å². The lowest BCUT2D eigenvalue weighted by molar-refractivity contribution is -0.145. The molecule has 0 aliphatic carbocycles. The van der Waals surface area contributed by atoms with Crippen molar-refractivity contribution in [2.45, 2.75) is 50.1 Å². The van der Waals surface area contributed by atoms with Crippen LogP contribution in [0.1, 0.15) is 26.2 Å². The van der Waals surface area contributed by atoms with Crippen LogP contribution in [0.4, 0.5) is 5.69 Å². The van der Waals surface area contributed by atoms with Crippen molar-refractivity contribution >= 4 is 34.4 Å². The standard InChI is InChI=1S/C27H30N6O5/c1-26-12-13-27(38-26)21(20(26)23(35)29-17-8-3-2-4-9-17)25(37)32(14-7-15-34)22(27)24(36)28-16-33-19-11-6-5-10-18(19)30-31-33/h2-6,8-11,20-22,34H,7,12-16H2,1H3,(H,28,36)(H,29,35)/t20-,21-,22?,26+,27?/m0/s1. The summed E-state index contributed by atoms with van der Waals surface area (Å²) >= 11 is 0. The Bertz CT molecular complexity index is 1390. The van der Waals surface area contributed by atoms with Crippen LogP contribution in [0.2, 0.25) is 0 Å². The van der Waals surface area contributed by atoms with Crippen LogP contribution in [0, 0.1) is 11.8 Å². The zero-order valence-electron chi connectivity index (χ0n) is 21.0. The first-order valence-electron chi connectivity index (χ1n) is 12.9. The van der Waals surface area contributed by atoms with Crippen LogP contribution in [0.25, 0.3) is 11.0 Å². The molecule has 0 saturated carbocycles. The minimum absolute atomic E-state index is 0.0633. The number of carbonyl (C=O) groups excluding carboxylic acids is 3. The smallest absolute Gasteiger partial charge is 0.247 e. The maximum atomic E-state index is 13.9. The second-order valence-corrected chi connectivity index (χ2v) is 10.5. The van der Waals surface area contributed by atoms with Gasteiger partial charge in [0.2, 0.25) is 17.7 Å². The van der Waals surface area contributed by atoms with Gasteiger partial charge in [-0.1, -0.05) is 35.5 Å². The number of anilines is 1. The third kappa shape index (κ3) is 3.68. The van der Waals surface area contributed by atoms with Crippen molar-refractivity contribution in [2.24, 2.45) is 11.8 Å². The minimum Gasteiger partial charge on any atom is -0.396 e. The maximum absolute atomic E-state index is 13.9. The van der Waals surface area contributed by atoms with E-state index in [-0.39, 0.29) is 37.5 Å². The molecule has 3 aliphatic heterocycles. The molecule has 2 aromatic carbocycles. The molecule has 38 heavy (non-hydrogen) atoms. The van der Waals surface area contributed by atoms with Crippen molar-refractivity contribution in [1.29, 1.82) is 0 Å². The van der Waals surface area contributed by atoms with Crippen LogP contribution < -0.4 is 10.6 Å². The van der Waals surface area contributed by atoms with Gasteiger partial charge in [0.15, 0.2) is 0 Å². The quantitative estimate of drug-likeness (QED) is 0.408. The fourth-order valence-corrected chi connectivity index (χ4v) is 6.63. The summed E-state index contributed by atoms with van der Waals surface area (Å²) in [7, 11) is 0. The Morgan fingerprint density at radius 1 is 1.11 bits per heavy atom. The summed E-state index contributed by atoms with van der Waals surface area (Å²) in [5, 5.41) is 23.6. The molecule has 2 unspecified atom stereocenters. The van der Waals surface area contributed by atoms with Gasteiger partial charge in [-0.3, -0.25) is 14.4 Å². The number of aliphatic hydroxyl groups excluding tert-OH is 1. The Kier molecular flexibility index (Phi) is 5.92. The van der Waals surface area contributed by atoms with E-state index in [1.54, 1.807) is 16.8 Å². The van der Waals surface area contributed by atoms with Gasteiger partial charge in [-0.25, -0.2) is 4.68 Å². The fraction of sp³-hybridized carbons (Fsp3) is 0.444. The number of aromatic nitrogens is 3. The van der Waals surface area contributed by atoms with Gasteiger partial charge in [-0.15, -0.1) is 5.10 Å². The highest BCUT2D eigenvalue weighted by Gasteiger charge is 2.77. The first kappa shape index (κ1) is 24.5. The molecule has 3 N–H and O–H groups in total. The number of nitrogens with one attached hydrogen (secondary N) is 2. The Labute approximate surface area is 219 Å². The van der Waals surface area contributed by atoms with Crippen molar-refractivity contribution in [1.82, 2.24) is 25.2 Å². The number of amides is 3. The molecule has 3 amide bonds. The topological polar surface area (TPSA) is 139 Å². The van der Waals surface area contributed by atoms with Crippen LogP contribution >= 0.6 is 0 Å². The summed E-state index contributed by atoms with van der Waals surface area (Å²) in [6, 6.07) is 15.6. The summed E-state index contributed by atoms with van der Waals surface area (Å²) in [5.74, 6) is -2.52. The number of aliphatic hydroxyl groups is 1. The van der Waals surface area contributed by atoms with E-state index in [1.165, 1.54) is 4.90 Å². The first-order valence-corrected chi connectivity index (χ1v) is 12.9. The molecule has 3 aliphatic rings. The van der Waals surface area contributed by atoms with Gasteiger partial charge < -0.3 is 25.4 Å². The van der Waals surface area contributed by atoms with Crippen LogP contribution in [-0.4, -0.2) is 73.1 Å². The summed E-state index contributed by atoms with van der Waals surface area (Å²) in [5.41, 5.74) is 0.109. The molecule has 1 spiro atoms. The van der Waals surface area contributed by atoms with Crippen LogP contribution in [0.3, 0.4) is 0 Å². The molecular weight excluding hydrogens is 488 g/mol. The van der Waals surface area contributed by atoms with Gasteiger partial charge in [0, 0.05) is 18.8 Å². The molecule has 3 fully saturated rings. The Morgan fingerprint density at radius 2 is 1.87 bits per heavy atom. The number of fused-ring (bicyclic) bond motifs is 2. The largest absolute Gasteiger partial charge is 0.396 e. The second kappa shape index (κ2) is 9.17. The molecule has 6 rings (SSSR count). The number of hydrogen-bond acceptors (Lipinski definition) is 7. The predicted molar refractivity (Wildman–Crippen MR) is 136 cm³/mol. The average Bonchev–Trinajstić information content (AvgIpc) is 3.62. The van der Waals surface area contributed by atoms with Crippen LogP contribution in [0.5, 0.6) is 0 Å². The number of nitrogens with zero attached hydrogens (tertiary/aromatic N) is 4. The SMILES string of the molecule is C[C@]12CCC3(O1)C(C(=O)NCn1nnc4ccccc41)N(CCCO)C(=O)[C@@H]3[C@H]2C(=O)Nc1ccccc1. The van der Waals surface area contributed by atoms with Gasteiger partial charge in [0.1, 0.15) is 23.8 Å². The van der Waals surface area contributed by atoms with Crippen molar-refractivity contribution < 1.29 is 24.2 Å². The summed E-state index contributed by atoms with van der Waals surface area (Å²) in [6.45, 7) is 1.98. The molecule has 1 aromatic heterocycles. The number of hydrogen-bond donors (Lipinski definition) is 3. The van der Waals surface area contributed by atoms with Gasteiger partial charge in [0.05, 0.1) is 23.0 Å². The normalized spacial score (nSPS) is 29.6. The average molecular weight is 519 g/mol. The number of benzene rings is 2. The van der Waals surface area contributed by atoms with Gasteiger partial charge in [-0.05, 0) is 50.5 Å². The fourth-order valence-electron chi connectivity index (χ4n) is 6.63. The Morgan fingerprint density at radius 3 is 2.66 bits per heavy atom. The Hall–Kier alpha value is -3.83. The minimum atomic E-state index is -1.13. The summed E-state index contributed by atoms with van der Waals surface area (Å²) < 4.78 is 8.17. The van der Waals surface area contributed by atoms with E-state index in [0.29, 0.717) is 30.5 Å². The highest BCUT2D eigenvalue weighted by Crippen LogP contribution is 2.63. The van der Waals surface area contributed by atoms with Gasteiger partial charge in [-0.2, -0.15) is 0 Å². The van der Waals surface area contributed by atoms with Gasteiger partial charge in [0.25, 0.3) is 0 Å². The van der Waals surface area contributed by atoms with E-state index in [0.717, 1.165) is 5.52 Å². The second-order valence-electron chi connectivity index (χ2n) is 10.5. The monoisotopic (exact) mass is 518 g/mol. The molecule has 11 nitrogen and oxygen atoms in total. The summed E-state index contributed by atoms with van der Waals surface area (Å²) in [6.07, 6.45) is 1.34. The number of carbonyl (C=O) groups is 3. The Balaban J connectivity index is 1.30. The van der Waals surface area contributed by atoms with E-state index in [4.69, 9.17) is 4.74 Å². The van der Waals surface area contributed by atoms with E-state index >= 15 is 0 Å². The highest BCUT2D eigenvalue weighted by atomic mass is 16.5. The lowest BCUT2D eigenvalue weighted by Crippen LogP contribution is -2.55. The molecule has 4 heterocycles. The number of likely N-dealkylation sites (tertiary alicyclic amines) is 1. The maximum Gasteiger partial charge on any atom is 0.247 e. The molecule has 5 atom stereocenters. The third-order valence-electron chi connectivity index (χ3n) is 8.23. The summed E-state index contributed by atoms with van der Waals surface area (Å²) in [4.78, 5) is 42.7. The zero-order valence-corrected chi connectivity index (χ0v) is 21.0. The van der Waals surface area contributed by atoms with Crippen molar-refractivity contribution in [2.75, 3.05) is 18.5 Å². The molecule has 198 valence electrons. The lowest BCUT2D eigenvalue weighted by Gasteiger charge is -2.33. The van der Waals surface area contributed by atoms with E-state index in [9.17, 15) is 19.5 Å². The molecule has 2 bridgehead atoms. The predicted octanol–water partition coefficient (Wildman–Crippen LogP) is 1.29. The molecule has 11 heteroatoms. The number of ether oxygens (including phenoxy) is 1. The molecule has 3 aromatic rings. The molecular formula is C27H30N6O5. The molecule has 3 saturated heterocycles. The third-order valence-corrected chi connectivity index (χ3v) is 8.23.